The highest BCUT2D eigenvalue weighted by Gasteiger charge is 2.22. The summed E-state index contributed by atoms with van der Waals surface area (Å²) in [5.41, 5.74) is 1.78. The highest BCUT2D eigenvalue weighted by atomic mass is 16.5. The molecule has 0 aliphatic heterocycles. The van der Waals surface area contributed by atoms with Gasteiger partial charge < -0.3 is 19.7 Å². The van der Waals surface area contributed by atoms with E-state index in [0.717, 1.165) is 0 Å². The van der Waals surface area contributed by atoms with Crippen molar-refractivity contribution in [2.45, 2.75) is 13.8 Å². The molecule has 0 unspecified atom stereocenters. The maximum atomic E-state index is 11.8. The molecule has 2 aromatic rings. The Kier molecular flexibility index (Phi) is 4.78. The van der Waals surface area contributed by atoms with Gasteiger partial charge in [0.05, 0.1) is 14.2 Å². The monoisotopic (exact) mass is 330 g/mol. The van der Waals surface area contributed by atoms with Gasteiger partial charge >= 0.3 is 11.9 Å². The van der Waals surface area contributed by atoms with Crippen LogP contribution in [0, 0.1) is 13.8 Å². The Morgan fingerprint density at radius 1 is 0.750 bits per heavy atom. The molecular weight excluding hydrogens is 312 g/mol. The van der Waals surface area contributed by atoms with Crippen molar-refractivity contribution in [1.82, 2.24) is 0 Å². The van der Waals surface area contributed by atoms with E-state index in [-0.39, 0.29) is 33.8 Å². The number of methoxy groups -OCH3 is 2. The van der Waals surface area contributed by atoms with Crippen molar-refractivity contribution >= 4 is 11.9 Å². The fourth-order valence-corrected chi connectivity index (χ4v) is 2.50. The summed E-state index contributed by atoms with van der Waals surface area (Å²) in [5, 5.41) is 20.9. The lowest BCUT2D eigenvalue weighted by Gasteiger charge is -2.14. The van der Waals surface area contributed by atoms with Crippen LogP contribution in [0.15, 0.2) is 24.3 Å². The molecule has 0 heterocycles. The molecular formula is C18H18O6. The van der Waals surface area contributed by atoms with E-state index in [1.165, 1.54) is 26.4 Å². The maximum absolute atomic E-state index is 11.8. The molecule has 6 nitrogen and oxygen atoms in total. The molecule has 2 rings (SSSR count). The van der Waals surface area contributed by atoms with Crippen molar-refractivity contribution in [2.75, 3.05) is 14.2 Å². The first kappa shape index (κ1) is 17.3. The minimum atomic E-state index is -0.696. The van der Waals surface area contributed by atoms with Gasteiger partial charge in [0.2, 0.25) is 0 Å². The van der Waals surface area contributed by atoms with Crippen molar-refractivity contribution in [1.29, 1.82) is 0 Å². The van der Waals surface area contributed by atoms with Crippen LogP contribution in [0.1, 0.15) is 31.8 Å². The molecule has 0 saturated carbocycles. The first-order valence-corrected chi connectivity index (χ1v) is 7.14. The van der Waals surface area contributed by atoms with Crippen LogP contribution in [-0.2, 0) is 9.47 Å². The first-order valence-electron chi connectivity index (χ1n) is 7.14. The van der Waals surface area contributed by atoms with E-state index in [0.29, 0.717) is 11.1 Å². The summed E-state index contributed by atoms with van der Waals surface area (Å²) >= 11 is 0. The lowest BCUT2D eigenvalue weighted by molar-refractivity contribution is 0.0587. The predicted octanol–water partition coefficient (Wildman–Crippen LogP) is 2.95. The minimum absolute atomic E-state index is 0.0203. The normalized spacial score (nSPS) is 10.3. The second-order valence-electron chi connectivity index (χ2n) is 5.40. The molecule has 0 radical (unpaired) electrons. The Labute approximate surface area is 139 Å². The fraction of sp³-hybridized carbons (Fsp3) is 0.222. The summed E-state index contributed by atoms with van der Waals surface area (Å²) in [6, 6.07) is 6.19. The van der Waals surface area contributed by atoms with E-state index in [9.17, 15) is 19.8 Å². The van der Waals surface area contributed by atoms with Gasteiger partial charge in [0.25, 0.3) is 0 Å². The van der Waals surface area contributed by atoms with Crippen LogP contribution in [0.3, 0.4) is 0 Å². The van der Waals surface area contributed by atoms with Gasteiger partial charge in [0.15, 0.2) is 0 Å². The van der Waals surface area contributed by atoms with Crippen LogP contribution in [-0.4, -0.2) is 36.4 Å². The lowest BCUT2D eigenvalue weighted by Crippen LogP contribution is -2.05. The zero-order chi connectivity index (χ0) is 18.0. The Morgan fingerprint density at radius 2 is 1.08 bits per heavy atom. The molecule has 0 bridgehead atoms. The largest absolute Gasteiger partial charge is 0.506 e. The second-order valence-corrected chi connectivity index (χ2v) is 5.40. The molecule has 0 amide bonds. The molecule has 0 aliphatic carbocycles. The number of aryl methyl sites for hydroxylation is 2. The van der Waals surface area contributed by atoms with Crippen LogP contribution in [0.2, 0.25) is 0 Å². The number of phenolic OH excluding ortho intramolecular Hbond substituents is 2. The molecule has 6 heteroatoms. The van der Waals surface area contributed by atoms with Crippen LogP contribution in [0.25, 0.3) is 11.1 Å². The lowest BCUT2D eigenvalue weighted by atomic mass is 9.94. The number of aromatic hydroxyl groups is 2. The zero-order valence-corrected chi connectivity index (χ0v) is 13.8. The summed E-state index contributed by atoms with van der Waals surface area (Å²) in [4.78, 5) is 23.6. The predicted molar refractivity (Wildman–Crippen MR) is 87.4 cm³/mol. The molecule has 0 fully saturated rings. The third-order valence-electron chi connectivity index (χ3n) is 3.61. The topological polar surface area (TPSA) is 93.1 Å². The van der Waals surface area contributed by atoms with Gasteiger partial charge in [-0.15, -0.1) is 0 Å². The highest BCUT2D eigenvalue weighted by Crippen LogP contribution is 2.40. The van der Waals surface area contributed by atoms with Crippen LogP contribution in [0.4, 0.5) is 0 Å². The number of hydrogen-bond acceptors (Lipinski definition) is 6. The highest BCUT2D eigenvalue weighted by molar-refractivity contribution is 5.99. The molecule has 126 valence electrons. The van der Waals surface area contributed by atoms with Gasteiger partial charge in [0.1, 0.15) is 22.6 Å². The van der Waals surface area contributed by atoms with Gasteiger partial charge in [-0.05, 0) is 49.2 Å². The van der Waals surface area contributed by atoms with Gasteiger partial charge in [-0.2, -0.15) is 0 Å². The number of benzene rings is 2. The average Bonchev–Trinajstić information content (AvgIpc) is 2.56. The third kappa shape index (κ3) is 3.03. The second kappa shape index (κ2) is 6.62. The fourth-order valence-electron chi connectivity index (χ4n) is 2.50. The zero-order valence-electron chi connectivity index (χ0n) is 13.8. The molecule has 0 atom stereocenters. The quantitative estimate of drug-likeness (QED) is 0.841. The number of phenols is 2. The molecule has 0 aromatic heterocycles. The molecule has 0 aliphatic rings. The summed E-state index contributed by atoms with van der Waals surface area (Å²) < 4.78 is 9.32. The Bertz CT molecular complexity index is 753. The summed E-state index contributed by atoms with van der Waals surface area (Å²) in [5.74, 6) is -2.05. The van der Waals surface area contributed by atoms with Crippen LogP contribution < -0.4 is 0 Å². The van der Waals surface area contributed by atoms with Crippen molar-refractivity contribution in [2.24, 2.45) is 0 Å². The Balaban J connectivity index is 2.78. The number of carbonyl (C=O) groups excluding carboxylic acids is 2. The van der Waals surface area contributed by atoms with Crippen molar-refractivity contribution < 1.29 is 29.3 Å². The standard InChI is InChI=1S/C18H18O6/c1-9-5-11(15(19)13(7-9)17(21)23-3)12-6-10(2)8-14(16(12)20)18(22)24-4/h5-8,19-20H,1-4H3. The van der Waals surface area contributed by atoms with E-state index in [4.69, 9.17) is 0 Å². The van der Waals surface area contributed by atoms with Gasteiger partial charge in [-0.3, -0.25) is 0 Å². The van der Waals surface area contributed by atoms with Gasteiger partial charge in [0, 0.05) is 11.1 Å². The smallest absolute Gasteiger partial charge is 0.341 e. The van der Waals surface area contributed by atoms with E-state index < -0.39 is 11.9 Å². The summed E-state index contributed by atoms with van der Waals surface area (Å²) in [7, 11) is 2.42. The van der Waals surface area contributed by atoms with Gasteiger partial charge in [-0.1, -0.05) is 0 Å². The average molecular weight is 330 g/mol. The third-order valence-corrected chi connectivity index (χ3v) is 3.61. The molecule has 2 aromatic carbocycles. The maximum Gasteiger partial charge on any atom is 0.341 e. The number of carbonyl (C=O) groups is 2. The van der Waals surface area contributed by atoms with Crippen molar-refractivity contribution in [3.05, 3.63) is 46.5 Å². The SMILES string of the molecule is COC(=O)c1cc(C)cc(-c2cc(C)cc(C(=O)OC)c2O)c1O. The summed E-state index contributed by atoms with van der Waals surface area (Å²) in [6.45, 7) is 3.48. The summed E-state index contributed by atoms with van der Waals surface area (Å²) in [6.07, 6.45) is 0. The van der Waals surface area contributed by atoms with E-state index in [2.05, 4.69) is 9.47 Å². The number of ether oxygens (including phenoxy) is 2. The molecule has 2 N–H and O–H groups in total. The van der Waals surface area contributed by atoms with Crippen molar-refractivity contribution in [3.8, 4) is 22.6 Å². The van der Waals surface area contributed by atoms with E-state index in [1.54, 1.807) is 26.0 Å². The van der Waals surface area contributed by atoms with Crippen molar-refractivity contribution in [3.63, 3.8) is 0 Å². The first-order chi connectivity index (χ1) is 11.3. The molecule has 24 heavy (non-hydrogen) atoms. The van der Waals surface area contributed by atoms with Crippen LogP contribution >= 0.6 is 0 Å². The molecule has 0 saturated heterocycles. The number of rotatable bonds is 3. The van der Waals surface area contributed by atoms with Gasteiger partial charge in [-0.25, -0.2) is 9.59 Å². The number of hydrogen-bond donors (Lipinski definition) is 2. The van der Waals surface area contributed by atoms with E-state index >= 15 is 0 Å². The van der Waals surface area contributed by atoms with Crippen LogP contribution in [0.5, 0.6) is 11.5 Å². The minimum Gasteiger partial charge on any atom is -0.506 e. The Morgan fingerprint density at radius 3 is 1.38 bits per heavy atom. The van der Waals surface area contributed by atoms with E-state index in [1.807, 2.05) is 0 Å². The number of esters is 2. The Hall–Kier alpha value is -3.02. The molecule has 0 spiro atoms.